The molecule has 0 unspecified atom stereocenters. The summed E-state index contributed by atoms with van der Waals surface area (Å²) in [6.45, 7) is 2.19. The Hall–Kier alpha value is -2.44. The van der Waals surface area contributed by atoms with Gasteiger partial charge in [0.05, 0.1) is 10.9 Å². The molecule has 1 amide bonds. The Morgan fingerprint density at radius 1 is 1.29 bits per heavy atom. The van der Waals surface area contributed by atoms with E-state index in [-0.39, 0.29) is 17.3 Å². The molecular formula is C17H22N4O3. The van der Waals surface area contributed by atoms with E-state index in [0.717, 1.165) is 25.7 Å². The maximum Gasteiger partial charge on any atom is 0.329 e. The molecule has 0 atom stereocenters. The minimum Gasteiger partial charge on any atom is -0.349 e. The van der Waals surface area contributed by atoms with Gasteiger partial charge in [-0.15, -0.1) is 0 Å². The summed E-state index contributed by atoms with van der Waals surface area (Å²) >= 11 is 0. The van der Waals surface area contributed by atoms with Crippen LogP contribution in [0.5, 0.6) is 0 Å². The van der Waals surface area contributed by atoms with Gasteiger partial charge in [0.2, 0.25) is 0 Å². The van der Waals surface area contributed by atoms with Crippen LogP contribution in [0.4, 0.5) is 0 Å². The molecule has 0 bridgehead atoms. The Bertz CT molecular complexity index is 860. The number of fused-ring (bicyclic) bond motifs is 1. The van der Waals surface area contributed by atoms with Gasteiger partial charge >= 0.3 is 5.69 Å². The van der Waals surface area contributed by atoms with Crippen LogP contribution in [-0.4, -0.2) is 26.5 Å². The van der Waals surface area contributed by atoms with Gasteiger partial charge in [-0.3, -0.25) is 19.1 Å². The molecule has 0 aromatic carbocycles. The molecule has 2 aromatic heterocycles. The number of aromatic nitrogens is 3. The molecule has 3 rings (SSSR count). The van der Waals surface area contributed by atoms with Gasteiger partial charge in [-0.05, 0) is 25.8 Å². The van der Waals surface area contributed by atoms with Crippen molar-refractivity contribution in [1.82, 2.24) is 19.9 Å². The highest BCUT2D eigenvalue weighted by Gasteiger charge is 2.17. The summed E-state index contributed by atoms with van der Waals surface area (Å²) in [4.78, 5) is 42.8. The van der Waals surface area contributed by atoms with Crippen LogP contribution in [0.1, 0.15) is 55.8 Å². The zero-order valence-corrected chi connectivity index (χ0v) is 13.8. The van der Waals surface area contributed by atoms with Gasteiger partial charge in [0, 0.05) is 18.8 Å². The minimum atomic E-state index is -0.517. The number of nitrogens with one attached hydrogen (secondary N) is 2. The van der Waals surface area contributed by atoms with Crippen molar-refractivity contribution in [2.24, 2.45) is 0 Å². The van der Waals surface area contributed by atoms with E-state index in [1.54, 1.807) is 6.92 Å². The SMILES string of the molecule is CCn1c(=O)[nH]c(=O)c2cc(C(=O)NC3CCCCCC3)cnc21. The van der Waals surface area contributed by atoms with Crippen LogP contribution < -0.4 is 16.6 Å². The lowest BCUT2D eigenvalue weighted by atomic mass is 10.1. The molecule has 1 fully saturated rings. The molecule has 0 saturated heterocycles. The van der Waals surface area contributed by atoms with Gasteiger partial charge in [0.1, 0.15) is 5.65 Å². The predicted octanol–water partition coefficient (Wildman–Crippen LogP) is 1.56. The standard InChI is InChI=1S/C17H22N4O3/c1-2-21-14-13(16(23)20-17(21)24)9-11(10-18-14)15(22)19-12-7-5-3-4-6-8-12/h9-10,12H,2-8H2,1H3,(H,19,22)(H,20,23,24). The van der Waals surface area contributed by atoms with E-state index < -0.39 is 11.2 Å². The number of hydrogen-bond acceptors (Lipinski definition) is 4. The first-order valence-corrected chi connectivity index (χ1v) is 8.54. The van der Waals surface area contributed by atoms with E-state index in [1.807, 2.05) is 0 Å². The van der Waals surface area contributed by atoms with Crippen LogP contribution in [0.25, 0.3) is 11.0 Å². The third-order valence-electron chi connectivity index (χ3n) is 4.60. The van der Waals surface area contributed by atoms with Crippen LogP contribution in [0.15, 0.2) is 21.9 Å². The van der Waals surface area contributed by atoms with Crippen molar-refractivity contribution in [3.63, 3.8) is 0 Å². The van der Waals surface area contributed by atoms with Gasteiger partial charge in [-0.2, -0.15) is 0 Å². The quantitative estimate of drug-likeness (QED) is 0.835. The third-order valence-corrected chi connectivity index (χ3v) is 4.60. The lowest BCUT2D eigenvalue weighted by Crippen LogP contribution is -2.35. The smallest absolute Gasteiger partial charge is 0.329 e. The first-order valence-electron chi connectivity index (χ1n) is 8.54. The molecule has 2 N–H and O–H groups in total. The van der Waals surface area contributed by atoms with E-state index in [2.05, 4.69) is 15.3 Å². The summed E-state index contributed by atoms with van der Waals surface area (Å²) in [7, 11) is 0. The van der Waals surface area contributed by atoms with Crippen LogP contribution in [0, 0.1) is 0 Å². The molecule has 0 spiro atoms. The van der Waals surface area contributed by atoms with Crippen molar-refractivity contribution in [3.05, 3.63) is 38.7 Å². The second kappa shape index (κ2) is 6.98. The highest BCUT2D eigenvalue weighted by atomic mass is 16.2. The zero-order valence-electron chi connectivity index (χ0n) is 13.8. The van der Waals surface area contributed by atoms with Crippen LogP contribution in [0.3, 0.4) is 0 Å². The fourth-order valence-corrected chi connectivity index (χ4v) is 3.28. The Morgan fingerprint density at radius 3 is 2.67 bits per heavy atom. The fraction of sp³-hybridized carbons (Fsp3) is 0.529. The average Bonchev–Trinajstić information content (AvgIpc) is 2.83. The summed E-state index contributed by atoms with van der Waals surface area (Å²) in [5, 5.41) is 3.29. The molecular weight excluding hydrogens is 308 g/mol. The molecule has 1 saturated carbocycles. The summed E-state index contributed by atoms with van der Waals surface area (Å²) in [6.07, 6.45) is 8.10. The number of pyridine rings is 1. The second-order valence-corrected chi connectivity index (χ2v) is 6.26. The first-order chi connectivity index (χ1) is 11.6. The summed E-state index contributed by atoms with van der Waals surface area (Å²) < 4.78 is 1.38. The van der Waals surface area contributed by atoms with E-state index >= 15 is 0 Å². The van der Waals surface area contributed by atoms with Crippen molar-refractivity contribution in [1.29, 1.82) is 0 Å². The van der Waals surface area contributed by atoms with E-state index in [0.29, 0.717) is 17.8 Å². The van der Waals surface area contributed by atoms with E-state index in [1.165, 1.54) is 29.7 Å². The molecule has 0 radical (unpaired) electrons. The van der Waals surface area contributed by atoms with Gasteiger partial charge in [-0.1, -0.05) is 25.7 Å². The van der Waals surface area contributed by atoms with Crippen LogP contribution >= 0.6 is 0 Å². The molecule has 7 heteroatoms. The summed E-state index contributed by atoms with van der Waals surface area (Å²) in [6, 6.07) is 1.69. The predicted molar refractivity (Wildman–Crippen MR) is 91.3 cm³/mol. The number of aromatic amines is 1. The monoisotopic (exact) mass is 330 g/mol. The number of aryl methyl sites for hydroxylation is 1. The van der Waals surface area contributed by atoms with Crippen LogP contribution in [0.2, 0.25) is 0 Å². The van der Waals surface area contributed by atoms with Gasteiger partial charge in [0.15, 0.2) is 0 Å². The average molecular weight is 330 g/mol. The highest BCUT2D eigenvalue weighted by Crippen LogP contribution is 2.18. The maximum atomic E-state index is 12.5. The molecule has 24 heavy (non-hydrogen) atoms. The van der Waals surface area contributed by atoms with Gasteiger partial charge in [0.25, 0.3) is 11.5 Å². The lowest BCUT2D eigenvalue weighted by Gasteiger charge is -2.16. The second-order valence-electron chi connectivity index (χ2n) is 6.26. The van der Waals surface area contributed by atoms with Crippen molar-refractivity contribution >= 4 is 16.9 Å². The number of carbonyl (C=O) groups excluding carboxylic acids is 1. The largest absolute Gasteiger partial charge is 0.349 e. The third kappa shape index (κ3) is 3.25. The number of hydrogen-bond donors (Lipinski definition) is 2. The molecule has 128 valence electrons. The topological polar surface area (TPSA) is 96.9 Å². The van der Waals surface area contributed by atoms with Gasteiger partial charge in [-0.25, -0.2) is 9.78 Å². The highest BCUT2D eigenvalue weighted by molar-refractivity contribution is 5.96. The Labute approximate surface area is 139 Å². The van der Waals surface area contributed by atoms with Crippen molar-refractivity contribution in [2.75, 3.05) is 0 Å². The normalized spacial score (nSPS) is 16.0. The van der Waals surface area contributed by atoms with E-state index in [9.17, 15) is 14.4 Å². The Kier molecular flexibility index (Phi) is 4.78. The van der Waals surface area contributed by atoms with E-state index in [4.69, 9.17) is 0 Å². The summed E-state index contributed by atoms with van der Waals surface area (Å²) in [5.74, 6) is -0.218. The Morgan fingerprint density at radius 2 is 2.00 bits per heavy atom. The minimum absolute atomic E-state index is 0.179. The lowest BCUT2D eigenvalue weighted by molar-refractivity contribution is 0.0933. The maximum absolute atomic E-state index is 12.5. The molecule has 0 aliphatic heterocycles. The van der Waals surface area contributed by atoms with Crippen LogP contribution in [-0.2, 0) is 6.54 Å². The summed E-state index contributed by atoms with van der Waals surface area (Å²) in [5.41, 5.74) is -0.356. The van der Waals surface area contributed by atoms with Crippen molar-refractivity contribution < 1.29 is 4.79 Å². The number of H-pyrrole nitrogens is 1. The number of rotatable bonds is 3. The number of amides is 1. The molecule has 2 aromatic rings. The van der Waals surface area contributed by atoms with Crippen molar-refractivity contribution in [3.8, 4) is 0 Å². The zero-order chi connectivity index (χ0) is 17.1. The Balaban J connectivity index is 1.91. The molecule has 2 heterocycles. The fourth-order valence-electron chi connectivity index (χ4n) is 3.28. The van der Waals surface area contributed by atoms with Crippen molar-refractivity contribution in [2.45, 2.75) is 58.0 Å². The molecule has 1 aliphatic rings. The molecule has 1 aliphatic carbocycles. The van der Waals surface area contributed by atoms with Gasteiger partial charge < -0.3 is 5.32 Å². The number of nitrogens with zero attached hydrogens (tertiary/aromatic N) is 2. The number of carbonyl (C=O) groups is 1. The molecule has 7 nitrogen and oxygen atoms in total. The first kappa shape index (κ1) is 16.4.